The molecule has 0 aliphatic carbocycles. The monoisotopic (exact) mass is 468 g/mol. The van der Waals surface area contributed by atoms with Crippen LogP contribution in [0.2, 0.25) is 0 Å². The second-order valence-corrected chi connectivity index (χ2v) is 8.88. The van der Waals surface area contributed by atoms with Gasteiger partial charge >= 0.3 is 0 Å². The van der Waals surface area contributed by atoms with Gasteiger partial charge in [-0.3, -0.25) is 9.69 Å². The van der Waals surface area contributed by atoms with Gasteiger partial charge in [0.05, 0.1) is 6.42 Å². The number of nitrogens with zero attached hydrogens (tertiary/aromatic N) is 2. The number of hydrogen-bond donors (Lipinski definition) is 2. The predicted octanol–water partition coefficient (Wildman–Crippen LogP) is 4.11. The summed E-state index contributed by atoms with van der Waals surface area (Å²) in [5.74, 6) is 0.0906. The fourth-order valence-electron chi connectivity index (χ4n) is 4.20. The summed E-state index contributed by atoms with van der Waals surface area (Å²) in [5, 5.41) is 4.22. The third-order valence-electron chi connectivity index (χ3n) is 5.89. The topological polar surface area (TPSA) is 51.4 Å². The summed E-state index contributed by atoms with van der Waals surface area (Å²) in [5.41, 5.74) is 4.53. The Morgan fingerprint density at radius 3 is 2.63 bits per heavy atom. The minimum absolute atomic E-state index is 0.0906. The van der Waals surface area contributed by atoms with E-state index in [1.807, 2.05) is 19.1 Å². The van der Waals surface area contributed by atoms with Crippen LogP contribution in [-0.4, -0.2) is 55.1 Å². The zero-order valence-corrected chi connectivity index (χ0v) is 19.0. The molecule has 2 aromatic carbocycles. The van der Waals surface area contributed by atoms with Crippen molar-refractivity contribution in [1.82, 2.24) is 15.2 Å². The maximum Gasteiger partial charge on any atom is 0.224 e. The number of piperazine rings is 1. The number of anilines is 1. The fraction of sp³-hybridized carbons (Fsp3) is 0.375. The van der Waals surface area contributed by atoms with E-state index in [0.717, 1.165) is 72.3 Å². The zero-order valence-electron chi connectivity index (χ0n) is 17.5. The van der Waals surface area contributed by atoms with Crippen LogP contribution in [0.5, 0.6) is 0 Å². The summed E-state index contributed by atoms with van der Waals surface area (Å²) < 4.78 is 1.03. The van der Waals surface area contributed by atoms with Crippen LogP contribution in [0.3, 0.4) is 0 Å². The van der Waals surface area contributed by atoms with Gasteiger partial charge in [0, 0.05) is 59.5 Å². The highest BCUT2D eigenvalue weighted by Gasteiger charge is 2.17. The molecule has 1 saturated heterocycles. The summed E-state index contributed by atoms with van der Waals surface area (Å²) in [6, 6.07) is 16.8. The predicted molar refractivity (Wildman–Crippen MR) is 127 cm³/mol. The van der Waals surface area contributed by atoms with Gasteiger partial charge in [-0.15, -0.1) is 0 Å². The van der Waals surface area contributed by atoms with Gasteiger partial charge in [0.2, 0.25) is 5.91 Å². The maximum absolute atomic E-state index is 12.5. The van der Waals surface area contributed by atoms with Gasteiger partial charge in [-0.1, -0.05) is 34.1 Å². The van der Waals surface area contributed by atoms with Gasteiger partial charge in [-0.25, -0.2) is 0 Å². The first-order chi connectivity index (χ1) is 14.6. The number of fused-ring (bicyclic) bond motifs is 1. The normalized spacial score (nSPS) is 14.9. The van der Waals surface area contributed by atoms with E-state index in [1.54, 1.807) is 0 Å². The molecule has 2 heterocycles. The summed E-state index contributed by atoms with van der Waals surface area (Å²) in [6.45, 7) is 8.06. The molecule has 6 heteroatoms. The van der Waals surface area contributed by atoms with Crippen molar-refractivity contribution >= 4 is 38.4 Å². The van der Waals surface area contributed by atoms with Gasteiger partial charge in [0.15, 0.2) is 0 Å². The fourth-order valence-corrected chi connectivity index (χ4v) is 4.57. The second kappa shape index (κ2) is 9.67. The number of aryl methyl sites for hydroxylation is 1. The number of aromatic amines is 1. The molecule has 0 atom stereocenters. The summed E-state index contributed by atoms with van der Waals surface area (Å²) >= 11 is 3.53. The number of aromatic nitrogens is 1. The van der Waals surface area contributed by atoms with Gasteiger partial charge < -0.3 is 15.2 Å². The molecule has 1 aliphatic rings. The molecular weight excluding hydrogens is 440 g/mol. The van der Waals surface area contributed by atoms with Crippen molar-refractivity contribution in [3.63, 3.8) is 0 Å². The number of halogens is 1. The standard InChI is InChI=1S/C24H29BrN4O/c1-18-21(22-16-19(25)8-9-23(22)27-18)17-24(30)26-10-5-11-28-12-14-29(15-13-28)20-6-3-2-4-7-20/h2-4,6-9,16,27H,5,10-15,17H2,1H3,(H,26,30). The van der Waals surface area contributed by atoms with Crippen molar-refractivity contribution < 1.29 is 4.79 Å². The number of nitrogens with one attached hydrogen (secondary N) is 2. The third-order valence-corrected chi connectivity index (χ3v) is 6.38. The van der Waals surface area contributed by atoms with Crippen molar-refractivity contribution in [2.75, 3.05) is 44.2 Å². The molecule has 0 unspecified atom stereocenters. The number of para-hydroxylation sites is 1. The van der Waals surface area contributed by atoms with E-state index in [4.69, 9.17) is 0 Å². The average molecular weight is 469 g/mol. The van der Waals surface area contributed by atoms with E-state index in [-0.39, 0.29) is 5.91 Å². The molecular formula is C24H29BrN4O. The minimum atomic E-state index is 0.0906. The smallest absolute Gasteiger partial charge is 0.224 e. The van der Waals surface area contributed by atoms with Crippen molar-refractivity contribution in [2.24, 2.45) is 0 Å². The zero-order chi connectivity index (χ0) is 20.9. The summed E-state index contributed by atoms with van der Waals surface area (Å²) in [7, 11) is 0. The van der Waals surface area contributed by atoms with Crippen LogP contribution >= 0.6 is 15.9 Å². The Bertz CT molecular complexity index is 993. The first kappa shape index (κ1) is 20.9. The molecule has 2 N–H and O–H groups in total. The molecule has 4 rings (SSSR count). The Morgan fingerprint density at radius 2 is 1.87 bits per heavy atom. The number of benzene rings is 2. The highest BCUT2D eigenvalue weighted by atomic mass is 79.9. The highest BCUT2D eigenvalue weighted by Crippen LogP contribution is 2.26. The van der Waals surface area contributed by atoms with Crippen LogP contribution in [0.4, 0.5) is 5.69 Å². The van der Waals surface area contributed by atoms with Crippen molar-refractivity contribution in [3.05, 3.63) is 64.3 Å². The number of H-pyrrole nitrogens is 1. The number of carbonyl (C=O) groups excluding carboxylic acids is 1. The van der Waals surface area contributed by atoms with Gasteiger partial charge in [-0.2, -0.15) is 0 Å². The average Bonchev–Trinajstić information content (AvgIpc) is 3.07. The lowest BCUT2D eigenvalue weighted by atomic mass is 10.1. The number of carbonyl (C=O) groups is 1. The first-order valence-corrected chi connectivity index (χ1v) is 11.5. The van der Waals surface area contributed by atoms with E-state index in [1.165, 1.54) is 5.69 Å². The minimum Gasteiger partial charge on any atom is -0.369 e. The second-order valence-electron chi connectivity index (χ2n) is 7.96. The van der Waals surface area contributed by atoms with Crippen LogP contribution in [-0.2, 0) is 11.2 Å². The van der Waals surface area contributed by atoms with E-state index < -0.39 is 0 Å². The number of amides is 1. The lowest BCUT2D eigenvalue weighted by molar-refractivity contribution is -0.120. The van der Waals surface area contributed by atoms with Crippen molar-refractivity contribution in [3.8, 4) is 0 Å². The van der Waals surface area contributed by atoms with Crippen molar-refractivity contribution in [1.29, 1.82) is 0 Å². The largest absolute Gasteiger partial charge is 0.369 e. The first-order valence-electron chi connectivity index (χ1n) is 10.7. The third kappa shape index (κ3) is 5.05. The Kier molecular flexibility index (Phi) is 6.75. The molecule has 1 amide bonds. The van der Waals surface area contributed by atoms with E-state index in [2.05, 4.69) is 72.4 Å². The Balaban J connectivity index is 1.19. The van der Waals surface area contributed by atoms with E-state index in [0.29, 0.717) is 6.42 Å². The molecule has 1 fully saturated rings. The molecule has 1 aliphatic heterocycles. The van der Waals surface area contributed by atoms with Gasteiger partial charge in [-0.05, 0) is 55.8 Å². The summed E-state index contributed by atoms with van der Waals surface area (Å²) in [6.07, 6.45) is 1.40. The highest BCUT2D eigenvalue weighted by molar-refractivity contribution is 9.10. The van der Waals surface area contributed by atoms with Crippen LogP contribution in [0.25, 0.3) is 10.9 Å². The Hall–Kier alpha value is -2.31. The van der Waals surface area contributed by atoms with Crippen LogP contribution in [0.1, 0.15) is 17.7 Å². The summed E-state index contributed by atoms with van der Waals surface area (Å²) in [4.78, 5) is 20.8. The maximum atomic E-state index is 12.5. The Morgan fingerprint density at radius 1 is 1.10 bits per heavy atom. The molecule has 0 radical (unpaired) electrons. The SMILES string of the molecule is Cc1[nH]c2ccc(Br)cc2c1CC(=O)NCCCN1CCN(c2ccccc2)CC1. The molecule has 5 nitrogen and oxygen atoms in total. The Labute approximate surface area is 186 Å². The lowest BCUT2D eigenvalue weighted by Gasteiger charge is -2.36. The molecule has 0 bridgehead atoms. The van der Waals surface area contributed by atoms with Crippen LogP contribution in [0, 0.1) is 6.92 Å². The quantitative estimate of drug-likeness (QED) is 0.513. The molecule has 3 aromatic rings. The number of rotatable bonds is 7. The van der Waals surface area contributed by atoms with Crippen LogP contribution in [0.15, 0.2) is 53.0 Å². The van der Waals surface area contributed by atoms with E-state index >= 15 is 0 Å². The van der Waals surface area contributed by atoms with Crippen LogP contribution < -0.4 is 10.2 Å². The number of hydrogen-bond acceptors (Lipinski definition) is 3. The van der Waals surface area contributed by atoms with Crippen molar-refractivity contribution in [2.45, 2.75) is 19.8 Å². The molecule has 1 aromatic heterocycles. The van der Waals surface area contributed by atoms with E-state index in [9.17, 15) is 4.79 Å². The molecule has 0 saturated carbocycles. The van der Waals surface area contributed by atoms with Gasteiger partial charge in [0.1, 0.15) is 0 Å². The van der Waals surface area contributed by atoms with Gasteiger partial charge in [0.25, 0.3) is 0 Å². The lowest BCUT2D eigenvalue weighted by Crippen LogP contribution is -2.47. The molecule has 30 heavy (non-hydrogen) atoms. The molecule has 0 spiro atoms. The molecule has 158 valence electrons.